The Morgan fingerprint density at radius 1 is 1.07 bits per heavy atom. The molecule has 1 aromatic carbocycles. The minimum absolute atomic E-state index is 0.0263. The Labute approximate surface area is 168 Å². The van der Waals surface area contributed by atoms with E-state index in [0.29, 0.717) is 0 Å². The van der Waals surface area contributed by atoms with Crippen LogP contribution in [0.25, 0.3) is 0 Å². The Balaban J connectivity index is 1.68. The molecule has 0 bridgehead atoms. The number of ether oxygens (including phenoxy) is 1. The van der Waals surface area contributed by atoms with Crippen LogP contribution in [0.1, 0.15) is 27.6 Å². The van der Waals surface area contributed by atoms with E-state index in [1.165, 1.54) is 45.7 Å². The van der Waals surface area contributed by atoms with Gasteiger partial charge in [0.25, 0.3) is 11.5 Å². The first kappa shape index (κ1) is 20.7. The van der Waals surface area contributed by atoms with Crippen molar-refractivity contribution in [2.45, 2.75) is 11.8 Å². The van der Waals surface area contributed by atoms with Gasteiger partial charge in [0.05, 0.1) is 17.1 Å². The van der Waals surface area contributed by atoms with Gasteiger partial charge in [0.15, 0.2) is 0 Å². The number of esters is 1. The summed E-state index contributed by atoms with van der Waals surface area (Å²) in [5.74, 6) is -0.942. The van der Waals surface area contributed by atoms with Gasteiger partial charge in [-0.15, -0.1) is 0 Å². The summed E-state index contributed by atoms with van der Waals surface area (Å²) in [6.07, 6.45) is 1.44. The first-order valence-electron chi connectivity index (χ1n) is 9.09. The van der Waals surface area contributed by atoms with Crippen molar-refractivity contribution < 1.29 is 22.7 Å². The molecule has 1 fully saturated rings. The highest BCUT2D eigenvalue weighted by molar-refractivity contribution is 7.89. The average molecular weight is 419 g/mol. The Kier molecular flexibility index (Phi) is 6.14. The van der Waals surface area contributed by atoms with E-state index in [0.717, 1.165) is 0 Å². The molecule has 0 atom stereocenters. The Morgan fingerprint density at radius 2 is 1.72 bits per heavy atom. The zero-order valence-corrected chi connectivity index (χ0v) is 16.6. The topological polar surface area (TPSA) is 117 Å². The molecule has 2 heterocycles. The molecule has 29 heavy (non-hydrogen) atoms. The fourth-order valence-corrected chi connectivity index (χ4v) is 4.44. The van der Waals surface area contributed by atoms with Gasteiger partial charge in [-0.2, -0.15) is 4.31 Å². The van der Waals surface area contributed by atoms with E-state index in [-0.39, 0.29) is 48.8 Å². The number of rotatable bonds is 5. The number of nitrogens with one attached hydrogen (secondary N) is 1. The Hall–Kier alpha value is -2.98. The molecular weight excluding hydrogens is 398 g/mol. The van der Waals surface area contributed by atoms with Crippen LogP contribution in [-0.4, -0.2) is 67.3 Å². The van der Waals surface area contributed by atoms with Gasteiger partial charge in [-0.05, 0) is 43.3 Å². The van der Waals surface area contributed by atoms with Crippen LogP contribution in [0.3, 0.4) is 0 Å². The maximum absolute atomic E-state index is 12.8. The number of pyridine rings is 1. The second-order valence-corrected chi connectivity index (χ2v) is 8.29. The van der Waals surface area contributed by atoms with Crippen molar-refractivity contribution >= 4 is 21.9 Å². The van der Waals surface area contributed by atoms with Crippen molar-refractivity contribution in [3.63, 3.8) is 0 Å². The molecule has 2 aromatic rings. The van der Waals surface area contributed by atoms with E-state index >= 15 is 0 Å². The van der Waals surface area contributed by atoms with E-state index in [9.17, 15) is 22.8 Å². The predicted octanol–water partition coefficient (Wildman–Crippen LogP) is 0.698. The zero-order valence-electron chi connectivity index (χ0n) is 15.8. The lowest BCUT2D eigenvalue weighted by molar-refractivity contribution is 0.0526. The number of amides is 1. The van der Waals surface area contributed by atoms with Crippen molar-refractivity contribution in [1.82, 2.24) is 14.2 Å². The minimum Gasteiger partial charge on any atom is -0.462 e. The van der Waals surface area contributed by atoms with Crippen LogP contribution in [-0.2, 0) is 14.8 Å². The number of benzene rings is 1. The van der Waals surface area contributed by atoms with Gasteiger partial charge in [-0.1, -0.05) is 0 Å². The summed E-state index contributed by atoms with van der Waals surface area (Å²) in [6.45, 7) is 2.49. The molecule has 1 aromatic heterocycles. The molecule has 1 N–H and O–H groups in total. The number of hydrogen-bond acceptors (Lipinski definition) is 6. The monoisotopic (exact) mass is 419 g/mol. The number of hydrogen-bond donors (Lipinski definition) is 1. The molecule has 1 saturated heterocycles. The summed E-state index contributed by atoms with van der Waals surface area (Å²) in [4.78, 5) is 40.0. The number of H-pyrrole nitrogens is 1. The van der Waals surface area contributed by atoms with Crippen LogP contribution < -0.4 is 5.56 Å². The quantitative estimate of drug-likeness (QED) is 0.713. The summed E-state index contributed by atoms with van der Waals surface area (Å²) in [7, 11) is -3.76. The van der Waals surface area contributed by atoms with E-state index in [1.807, 2.05) is 0 Å². The normalized spacial score (nSPS) is 15.1. The van der Waals surface area contributed by atoms with Gasteiger partial charge in [-0.3, -0.25) is 9.59 Å². The van der Waals surface area contributed by atoms with Crippen molar-refractivity contribution in [2.24, 2.45) is 0 Å². The second kappa shape index (κ2) is 8.58. The fraction of sp³-hybridized carbons (Fsp3) is 0.316. The summed E-state index contributed by atoms with van der Waals surface area (Å²) in [5.41, 5.74) is -0.179. The molecule has 0 unspecified atom stereocenters. The first-order chi connectivity index (χ1) is 13.8. The molecular formula is C19H21N3O6S. The smallest absolute Gasteiger partial charge is 0.338 e. The highest BCUT2D eigenvalue weighted by Crippen LogP contribution is 2.19. The van der Waals surface area contributed by atoms with Crippen LogP contribution in [0.5, 0.6) is 0 Å². The third-order valence-electron chi connectivity index (χ3n) is 4.58. The molecule has 0 aliphatic carbocycles. The molecule has 10 heteroatoms. The largest absolute Gasteiger partial charge is 0.462 e. The molecule has 0 radical (unpaired) electrons. The van der Waals surface area contributed by atoms with E-state index in [1.54, 1.807) is 13.0 Å². The molecule has 9 nitrogen and oxygen atoms in total. The first-order valence-corrected chi connectivity index (χ1v) is 10.5. The van der Waals surface area contributed by atoms with Gasteiger partial charge in [-0.25, -0.2) is 13.2 Å². The summed E-state index contributed by atoms with van der Waals surface area (Å²) in [6, 6.07) is 8.55. The van der Waals surface area contributed by atoms with E-state index in [4.69, 9.17) is 4.74 Å². The highest BCUT2D eigenvalue weighted by atomic mass is 32.2. The number of nitrogens with zero attached hydrogens (tertiary/aromatic N) is 2. The average Bonchev–Trinajstić information content (AvgIpc) is 2.74. The van der Waals surface area contributed by atoms with Gasteiger partial charge in [0, 0.05) is 32.4 Å². The number of aromatic amines is 1. The van der Waals surface area contributed by atoms with Crippen LogP contribution in [0, 0.1) is 0 Å². The van der Waals surface area contributed by atoms with Crippen molar-refractivity contribution in [3.05, 3.63) is 64.1 Å². The standard InChI is InChI=1S/C19H21N3O6S/c1-2-28-19(25)14-5-7-15(8-6-14)29(26,27)22-12-10-21(11-13-22)18(24)16-4-3-9-20-17(16)23/h3-9H,2,10-13H2,1H3,(H,20,23). The van der Waals surface area contributed by atoms with Crippen LogP contribution in [0.4, 0.5) is 0 Å². The van der Waals surface area contributed by atoms with Gasteiger partial charge in [0.2, 0.25) is 10.0 Å². The lowest BCUT2D eigenvalue weighted by atomic mass is 10.2. The molecule has 1 amide bonds. The molecule has 1 aliphatic rings. The molecule has 1 aliphatic heterocycles. The summed E-state index contributed by atoms with van der Waals surface area (Å²) in [5, 5.41) is 0. The lowest BCUT2D eigenvalue weighted by Crippen LogP contribution is -2.51. The van der Waals surface area contributed by atoms with Gasteiger partial charge >= 0.3 is 5.97 Å². The molecule has 3 rings (SSSR count). The molecule has 154 valence electrons. The summed E-state index contributed by atoms with van der Waals surface area (Å²) < 4.78 is 31.9. The zero-order chi connectivity index (χ0) is 21.0. The van der Waals surface area contributed by atoms with Crippen molar-refractivity contribution in [1.29, 1.82) is 0 Å². The predicted molar refractivity (Wildman–Crippen MR) is 104 cm³/mol. The van der Waals surface area contributed by atoms with Gasteiger partial charge < -0.3 is 14.6 Å². The highest BCUT2D eigenvalue weighted by Gasteiger charge is 2.31. The van der Waals surface area contributed by atoms with Crippen LogP contribution >= 0.6 is 0 Å². The Bertz CT molecular complexity index is 1050. The number of sulfonamides is 1. The third-order valence-corrected chi connectivity index (χ3v) is 6.49. The maximum Gasteiger partial charge on any atom is 0.338 e. The molecule has 0 saturated carbocycles. The van der Waals surface area contributed by atoms with E-state index < -0.39 is 27.5 Å². The van der Waals surface area contributed by atoms with Crippen molar-refractivity contribution in [2.75, 3.05) is 32.8 Å². The van der Waals surface area contributed by atoms with Gasteiger partial charge in [0.1, 0.15) is 5.56 Å². The van der Waals surface area contributed by atoms with Crippen LogP contribution in [0.15, 0.2) is 52.3 Å². The molecule has 0 spiro atoms. The number of aromatic nitrogens is 1. The van der Waals surface area contributed by atoms with E-state index in [2.05, 4.69) is 4.98 Å². The minimum atomic E-state index is -3.76. The van der Waals surface area contributed by atoms with Crippen molar-refractivity contribution in [3.8, 4) is 0 Å². The van der Waals surface area contributed by atoms with Crippen LogP contribution in [0.2, 0.25) is 0 Å². The maximum atomic E-state index is 12.8. The second-order valence-electron chi connectivity index (χ2n) is 6.35. The summed E-state index contributed by atoms with van der Waals surface area (Å²) >= 11 is 0. The number of piperazine rings is 1. The third kappa shape index (κ3) is 4.38. The SMILES string of the molecule is CCOC(=O)c1ccc(S(=O)(=O)N2CCN(C(=O)c3ccc[nH]c3=O)CC2)cc1. The fourth-order valence-electron chi connectivity index (χ4n) is 3.02. The lowest BCUT2D eigenvalue weighted by Gasteiger charge is -2.33. The number of carbonyl (C=O) groups is 2. The number of carbonyl (C=O) groups excluding carboxylic acids is 2. The Morgan fingerprint density at radius 3 is 2.31 bits per heavy atom.